The Balaban J connectivity index is 1.39. The topological polar surface area (TPSA) is 79.0 Å². The number of carbonyl (C=O) groups excluding carboxylic acids is 3. The SMILES string of the molecule is O=C(CSCC(=O)N1CCOCC1)NCc1cccc(N2CCCC2=O)c1. The molecule has 8 heteroatoms. The zero-order valence-electron chi connectivity index (χ0n) is 15.3. The number of anilines is 1. The summed E-state index contributed by atoms with van der Waals surface area (Å²) in [4.78, 5) is 39.5. The molecule has 2 fully saturated rings. The fraction of sp³-hybridized carbons (Fsp3) is 0.526. The number of hydrogen-bond acceptors (Lipinski definition) is 5. The second kappa shape index (κ2) is 9.75. The van der Waals surface area contributed by atoms with E-state index in [1.165, 1.54) is 11.8 Å². The van der Waals surface area contributed by atoms with Gasteiger partial charge in [0.15, 0.2) is 0 Å². The van der Waals surface area contributed by atoms with E-state index in [1.54, 1.807) is 9.80 Å². The number of benzene rings is 1. The molecule has 0 radical (unpaired) electrons. The number of nitrogens with zero attached hydrogens (tertiary/aromatic N) is 2. The van der Waals surface area contributed by atoms with Gasteiger partial charge in [-0.1, -0.05) is 12.1 Å². The Morgan fingerprint density at radius 3 is 2.70 bits per heavy atom. The van der Waals surface area contributed by atoms with Crippen molar-refractivity contribution in [3.63, 3.8) is 0 Å². The standard InChI is InChI=1S/C19H25N3O4S/c23-17(13-27-14-19(25)21-7-9-26-10-8-21)20-12-15-3-1-4-16(11-15)22-6-2-5-18(22)24/h1,3-4,11H,2,5-10,12-14H2,(H,20,23). The average molecular weight is 391 g/mol. The third-order valence-corrected chi connectivity index (χ3v) is 5.53. The maximum absolute atomic E-state index is 12.0. The van der Waals surface area contributed by atoms with E-state index in [9.17, 15) is 14.4 Å². The minimum Gasteiger partial charge on any atom is -0.378 e. The summed E-state index contributed by atoms with van der Waals surface area (Å²) >= 11 is 1.33. The Bertz CT molecular complexity index is 691. The monoisotopic (exact) mass is 391 g/mol. The molecule has 0 aromatic heterocycles. The zero-order valence-corrected chi connectivity index (χ0v) is 16.1. The fourth-order valence-electron chi connectivity index (χ4n) is 3.14. The van der Waals surface area contributed by atoms with Crippen LogP contribution in [-0.2, 0) is 25.7 Å². The summed E-state index contributed by atoms with van der Waals surface area (Å²) in [7, 11) is 0. The van der Waals surface area contributed by atoms with E-state index in [2.05, 4.69) is 5.32 Å². The van der Waals surface area contributed by atoms with Crippen molar-refractivity contribution in [2.45, 2.75) is 19.4 Å². The van der Waals surface area contributed by atoms with E-state index in [-0.39, 0.29) is 23.5 Å². The van der Waals surface area contributed by atoms with Crippen molar-refractivity contribution in [3.8, 4) is 0 Å². The van der Waals surface area contributed by atoms with Crippen LogP contribution in [-0.4, -0.2) is 67.0 Å². The third-order valence-electron chi connectivity index (χ3n) is 4.61. The number of nitrogens with one attached hydrogen (secondary N) is 1. The molecule has 1 aromatic rings. The highest BCUT2D eigenvalue weighted by atomic mass is 32.2. The molecule has 0 bridgehead atoms. The molecule has 7 nitrogen and oxygen atoms in total. The molecule has 0 saturated carbocycles. The van der Waals surface area contributed by atoms with E-state index < -0.39 is 0 Å². The van der Waals surface area contributed by atoms with Gasteiger partial charge in [-0.05, 0) is 24.1 Å². The van der Waals surface area contributed by atoms with Crippen molar-refractivity contribution < 1.29 is 19.1 Å². The summed E-state index contributed by atoms with van der Waals surface area (Å²) in [6.07, 6.45) is 1.49. The first-order valence-corrected chi connectivity index (χ1v) is 10.4. The molecule has 0 spiro atoms. The molecule has 2 heterocycles. The molecule has 2 saturated heterocycles. The molecular formula is C19H25N3O4S. The van der Waals surface area contributed by atoms with Gasteiger partial charge in [-0.25, -0.2) is 0 Å². The van der Waals surface area contributed by atoms with Gasteiger partial charge in [0.2, 0.25) is 17.7 Å². The lowest BCUT2D eigenvalue weighted by molar-refractivity contribution is -0.132. The van der Waals surface area contributed by atoms with Gasteiger partial charge in [0.05, 0.1) is 24.7 Å². The molecule has 3 rings (SSSR count). The zero-order chi connectivity index (χ0) is 19.1. The highest BCUT2D eigenvalue weighted by molar-refractivity contribution is 8.00. The van der Waals surface area contributed by atoms with Crippen molar-refractivity contribution in [2.24, 2.45) is 0 Å². The van der Waals surface area contributed by atoms with Crippen LogP contribution in [0.25, 0.3) is 0 Å². The first kappa shape index (κ1) is 19.7. The van der Waals surface area contributed by atoms with Crippen LogP contribution in [0.1, 0.15) is 18.4 Å². The predicted molar refractivity (Wildman–Crippen MR) is 105 cm³/mol. The summed E-state index contributed by atoms with van der Waals surface area (Å²) in [5, 5.41) is 2.87. The summed E-state index contributed by atoms with van der Waals surface area (Å²) in [6.45, 7) is 3.58. The number of thioether (sulfide) groups is 1. The Hall–Kier alpha value is -2.06. The molecule has 0 aliphatic carbocycles. The van der Waals surface area contributed by atoms with Crippen LogP contribution in [0.2, 0.25) is 0 Å². The molecule has 3 amide bonds. The average Bonchev–Trinajstić information content (AvgIpc) is 3.13. The molecule has 2 aliphatic heterocycles. The molecule has 0 unspecified atom stereocenters. The van der Waals surface area contributed by atoms with Crippen molar-refractivity contribution in [1.29, 1.82) is 0 Å². The molecule has 27 heavy (non-hydrogen) atoms. The lowest BCUT2D eigenvalue weighted by atomic mass is 10.2. The highest BCUT2D eigenvalue weighted by Crippen LogP contribution is 2.22. The van der Waals surface area contributed by atoms with Crippen LogP contribution in [0.3, 0.4) is 0 Å². The number of amides is 3. The normalized spacial score (nSPS) is 17.3. The summed E-state index contributed by atoms with van der Waals surface area (Å²) in [5.74, 6) is 0.661. The predicted octanol–water partition coefficient (Wildman–Crippen LogP) is 1.02. The summed E-state index contributed by atoms with van der Waals surface area (Å²) < 4.78 is 5.23. The number of ether oxygens (including phenoxy) is 1. The van der Waals surface area contributed by atoms with Crippen LogP contribution in [0.4, 0.5) is 5.69 Å². The van der Waals surface area contributed by atoms with E-state index in [0.29, 0.717) is 45.0 Å². The van der Waals surface area contributed by atoms with Crippen molar-refractivity contribution in [3.05, 3.63) is 29.8 Å². The maximum Gasteiger partial charge on any atom is 0.232 e. The van der Waals surface area contributed by atoms with Crippen LogP contribution in [0.5, 0.6) is 0 Å². The van der Waals surface area contributed by atoms with Gasteiger partial charge >= 0.3 is 0 Å². The second-order valence-electron chi connectivity index (χ2n) is 6.58. The summed E-state index contributed by atoms with van der Waals surface area (Å²) in [6, 6.07) is 7.69. The molecule has 1 N–H and O–H groups in total. The van der Waals surface area contributed by atoms with Gasteiger partial charge < -0.3 is 19.9 Å². The van der Waals surface area contributed by atoms with Crippen LogP contribution >= 0.6 is 11.8 Å². The lowest BCUT2D eigenvalue weighted by Gasteiger charge is -2.26. The van der Waals surface area contributed by atoms with E-state index in [1.807, 2.05) is 24.3 Å². The number of morpholine rings is 1. The smallest absolute Gasteiger partial charge is 0.232 e. The minimum atomic E-state index is -0.0996. The van der Waals surface area contributed by atoms with Gasteiger partial charge in [0, 0.05) is 38.3 Å². The van der Waals surface area contributed by atoms with Crippen molar-refractivity contribution in [2.75, 3.05) is 49.3 Å². The Morgan fingerprint density at radius 2 is 1.96 bits per heavy atom. The Morgan fingerprint density at radius 1 is 1.15 bits per heavy atom. The van der Waals surface area contributed by atoms with Gasteiger partial charge in [0.1, 0.15) is 0 Å². The molecule has 1 aromatic carbocycles. The Kier molecular flexibility index (Phi) is 7.11. The molecule has 146 valence electrons. The van der Waals surface area contributed by atoms with Crippen LogP contribution < -0.4 is 10.2 Å². The first-order valence-electron chi connectivity index (χ1n) is 9.23. The number of carbonyl (C=O) groups is 3. The van der Waals surface area contributed by atoms with Gasteiger partial charge in [-0.3, -0.25) is 14.4 Å². The van der Waals surface area contributed by atoms with E-state index in [4.69, 9.17) is 4.74 Å². The maximum atomic E-state index is 12.0. The molecule has 2 aliphatic rings. The number of rotatable bonds is 7. The second-order valence-corrected chi connectivity index (χ2v) is 7.57. The summed E-state index contributed by atoms with van der Waals surface area (Å²) in [5.41, 5.74) is 1.84. The van der Waals surface area contributed by atoms with E-state index in [0.717, 1.165) is 24.2 Å². The van der Waals surface area contributed by atoms with Crippen molar-refractivity contribution in [1.82, 2.24) is 10.2 Å². The van der Waals surface area contributed by atoms with E-state index >= 15 is 0 Å². The van der Waals surface area contributed by atoms with Crippen LogP contribution in [0.15, 0.2) is 24.3 Å². The fourth-order valence-corrected chi connectivity index (χ4v) is 3.89. The van der Waals surface area contributed by atoms with Crippen LogP contribution in [0, 0.1) is 0 Å². The Labute approximate surface area is 163 Å². The quantitative estimate of drug-likeness (QED) is 0.751. The highest BCUT2D eigenvalue weighted by Gasteiger charge is 2.21. The van der Waals surface area contributed by atoms with Gasteiger partial charge in [-0.2, -0.15) is 0 Å². The molecular weight excluding hydrogens is 366 g/mol. The molecule has 0 atom stereocenters. The first-order chi connectivity index (χ1) is 13.1. The van der Waals surface area contributed by atoms with Gasteiger partial charge in [0.25, 0.3) is 0 Å². The lowest BCUT2D eigenvalue weighted by Crippen LogP contribution is -2.41. The number of hydrogen-bond donors (Lipinski definition) is 1. The third kappa shape index (κ3) is 5.71. The minimum absolute atomic E-state index is 0.0547. The van der Waals surface area contributed by atoms with Crippen molar-refractivity contribution >= 4 is 35.2 Å². The largest absolute Gasteiger partial charge is 0.378 e. The van der Waals surface area contributed by atoms with Gasteiger partial charge in [-0.15, -0.1) is 11.8 Å².